The minimum Gasteiger partial charge on any atom is -0.398 e. The Hall–Kier alpha value is -2.48. The van der Waals surface area contributed by atoms with Crippen LogP contribution in [0.15, 0.2) is 66.7 Å². The predicted octanol–water partition coefficient (Wildman–Crippen LogP) is 4.06. The van der Waals surface area contributed by atoms with Gasteiger partial charge in [-0.15, -0.1) is 0 Å². The van der Waals surface area contributed by atoms with Gasteiger partial charge >= 0.3 is 0 Å². The lowest BCUT2D eigenvalue weighted by Gasteiger charge is -2.20. The van der Waals surface area contributed by atoms with Crippen LogP contribution in [0, 0.1) is 0 Å². The summed E-state index contributed by atoms with van der Waals surface area (Å²) >= 11 is 0. The van der Waals surface area contributed by atoms with Gasteiger partial charge in [0.05, 0.1) is 0 Å². The molecule has 2 N–H and O–H groups in total. The number of nitrogen functional groups attached to an aromatic ring is 1. The molecule has 0 atom stereocenters. The maximum absolute atomic E-state index is 6.19. The van der Waals surface area contributed by atoms with E-state index in [1.165, 1.54) is 16.5 Å². The average molecular weight is 262 g/mol. The van der Waals surface area contributed by atoms with Crippen molar-refractivity contribution < 1.29 is 0 Å². The van der Waals surface area contributed by atoms with Gasteiger partial charge in [-0.05, 0) is 40.6 Å². The summed E-state index contributed by atoms with van der Waals surface area (Å²) in [6, 6.07) is 22.9. The third-order valence-corrected chi connectivity index (χ3v) is 3.61. The number of para-hydroxylation sites is 1. The molecule has 0 unspecified atom stereocenters. The minimum absolute atomic E-state index is 0.806. The second-order valence-corrected chi connectivity index (χ2v) is 5.09. The lowest BCUT2D eigenvalue weighted by Crippen LogP contribution is -2.17. The first kappa shape index (κ1) is 12.5. The highest BCUT2D eigenvalue weighted by Crippen LogP contribution is 2.24. The summed E-state index contributed by atoms with van der Waals surface area (Å²) in [5, 5.41) is 2.43. The van der Waals surface area contributed by atoms with Crippen LogP contribution in [-0.2, 0) is 6.54 Å². The maximum Gasteiger partial charge on any atom is 0.0446 e. The fraction of sp³-hybridized carbons (Fsp3) is 0.111. The molecule has 2 heteroatoms. The van der Waals surface area contributed by atoms with Crippen molar-refractivity contribution in [2.24, 2.45) is 0 Å². The first-order valence-electron chi connectivity index (χ1n) is 6.77. The van der Waals surface area contributed by atoms with Crippen LogP contribution in [0.5, 0.6) is 0 Å². The van der Waals surface area contributed by atoms with Gasteiger partial charge in [0, 0.05) is 25.0 Å². The first-order chi connectivity index (χ1) is 9.74. The van der Waals surface area contributed by atoms with E-state index in [-0.39, 0.29) is 0 Å². The Morgan fingerprint density at radius 2 is 1.45 bits per heavy atom. The molecule has 0 aliphatic carbocycles. The van der Waals surface area contributed by atoms with E-state index in [4.69, 9.17) is 5.73 Å². The Bertz CT molecular complexity index is 720. The lowest BCUT2D eigenvalue weighted by molar-refractivity contribution is 0.927. The van der Waals surface area contributed by atoms with Crippen molar-refractivity contribution in [2.75, 3.05) is 17.7 Å². The van der Waals surface area contributed by atoms with E-state index in [1.54, 1.807) is 0 Å². The molecular weight excluding hydrogens is 244 g/mol. The zero-order valence-electron chi connectivity index (χ0n) is 11.6. The monoisotopic (exact) mass is 262 g/mol. The second-order valence-electron chi connectivity index (χ2n) is 5.09. The molecule has 0 aliphatic heterocycles. The number of hydrogen-bond donors (Lipinski definition) is 1. The van der Waals surface area contributed by atoms with Crippen LogP contribution in [0.1, 0.15) is 5.56 Å². The zero-order valence-corrected chi connectivity index (χ0v) is 11.6. The molecule has 0 saturated heterocycles. The van der Waals surface area contributed by atoms with Gasteiger partial charge in [0.2, 0.25) is 0 Å². The van der Waals surface area contributed by atoms with E-state index in [1.807, 2.05) is 12.1 Å². The molecule has 0 radical (unpaired) electrons. The molecule has 0 bridgehead atoms. The third-order valence-electron chi connectivity index (χ3n) is 3.61. The molecule has 2 nitrogen and oxygen atoms in total. The van der Waals surface area contributed by atoms with Crippen molar-refractivity contribution in [1.29, 1.82) is 0 Å². The zero-order chi connectivity index (χ0) is 13.9. The fourth-order valence-corrected chi connectivity index (χ4v) is 2.47. The highest BCUT2D eigenvalue weighted by atomic mass is 15.1. The first-order valence-corrected chi connectivity index (χ1v) is 6.77. The third kappa shape index (κ3) is 2.45. The molecule has 0 aliphatic rings. The summed E-state index contributed by atoms with van der Waals surface area (Å²) in [6.45, 7) is 0.806. The Balaban J connectivity index is 1.92. The largest absolute Gasteiger partial charge is 0.398 e. The number of anilines is 2. The molecule has 0 spiro atoms. The average Bonchev–Trinajstić information content (AvgIpc) is 2.49. The Morgan fingerprint density at radius 3 is 2.15 bits per heavy atom. The Kier molecular flexibility index (Phi) is 3.30. The van der Waals surface area contributed by atoms with E-state index < -0.39 is 0 Å². The van der Waals surface area contributed by atoms with Crippen molar-refractivity contribution >= 4 is 22.1 Å². The van der Waals surface area contributed by atoms with E-state index in [9.17, 15) is 0 Å². The van der Waals surface area contributed by atoms with Crippen molar-refractivity contribution in [2.45, 2.75) is 6.54 Å². The molecule has 3 rings (SSSR count). The highest BCUT2D eigenvalue weighted by molar-refractivity contribution is 5.86. The van der Waals surface area contributed by atoms with Crippen LogP contribution in [0.2, 0.25) is 0 Å². The number of benzene rings is 3. The van der Waals surface area contributed by atoms with Gasteiger partial charge in [-0.1, -0.05) is 42.5 Å². The molecule has 0 amide bonds. The van der Waals surface area contributed by atoms with Crippen LogP contribution < -0.4 is 10.6 Å². The van der Waals surface area contributed by atoms with Gasteiger partial charge in [-0.25, -0.2) is 0 Å². The lowest BCUT2D eigenvalue weighted by atomic mass is 10.0. The summed E-state index contributed by atoms with van der Waals surface area (Å²) in [5.41, 5.74) is 9.40. The SMILES string of the molecule is CN(Cc1cc2ccccc2cc1N)c1ccccc1. The van der Waals surface area contributed by atoms with Crippen molar-refractivity contribution in [3.05, 3.63) is 72.3 Å². The summed E-state index contributed by atoms with van der Waals surface area (Å²) < 4.78 is 0. The van der Waals surface area contributed by atoms with Gasteiger partial charge in [0.15, 0.2) is 0 Å². The Morgan fingerprint density at radius 1 is 0.850 bits per heavy atom. The van der Waals surface area contributed by atoms with Crippen molar-refractivity contribution in [3.63, 3.8) is 0 Å². The number of nitrogens with zero attached hydrogens (tertiary/aromatic N) is 1. The fourth-order valence-electron chi connectivity index (χ4n) is 2.47. The van der Waals surface area contributed by atoms with Crippen LogP contribution in [0.4, 0.5) is 11.4 Å². The van der Waals surface area contributed by atoms with E-state index in [0.29, 0.717) is 0 Å². The molecule has 0 saturated carbocycles. The van der Waals surface area contributed by atoms with Gasteiger partial charge in [-0.2, -0.15) is 0 Å². The van der Waals surface area contributed by atoms with Gasteiger partial charge < -0.3 is 10.6 Å². The van der Waals surface area contributed by atoms with Crippen LogP contribution in [0.25, 0.3) is 10.8 Å². The van der Waals surface area contributed by atoms with E-state index in [0.717, 1.165) is 17.8 Å². The molecule has 20 heavy (non-hydrogen) atoms. The minimum atomic E-state index is 0.806. The molecule has 3 aromatic carbocycles. The van der Waals surface area contributed by atoms with E-state index >= 15 is 0 Å². The molecule has 0 heterocycles. The smallest absolute Gasteiger partial charge is 0.0446 e. The van der Waals surface area contributed by atoms with Gasteiger partial charge in [0.1, 0.15) is 0 Å². The predicted molar refractivity (Wildman–Crippen MR) is 86.9 cm³/mol. The van der Waals surface area contributed by atoms with Gasteiger partial charge in [0.25, 0.3) is 0 Å². The van der Waals surface area contributed by atoms with Crippen LogP contribution in [-0.4, -0.2) is 7.05 Å². The maximum atomic E-state index is 6.19. The standard InChI is InChI=1S/C18H18N2/c1-20(17-9-3-2-4-10-17)13-16-11-14-7-5-6-8-15(14)12-18(16)19/h2-12H,13,19H2,1H3. The quantitative estimate of drug-likeness (QED) is 0.721. The summed E-state index contributed by atoms with van der Waals surface area (Å²) in [7, 11) is 2.09. The van der Waals surface area contributed by atoms with Crippen LogP contribution in [0.3, 0.4) is 0 Å². The topological polar surface area (TPSA) is 29.3 Å². The Labute approximate surface area is 119 Å². The van der Waals surface area contributed by atoms with E-state index in [2.05, 4.69) is 66.5 Å². The highest BCUT2D eigenvalue weighted by Gasteiger charge is 2.06. The summed E-state index contributed by atoms with van der Waals surface area (Å²) in [6.07, 6.45) is 0. The number of rotatable bonds is 3. The molecule has 100 valence electrons. The van der Waals surface area contributed by atoms with Gasteiger partial charge in [-0.3, -0.25) is 0 Å². The normalized spacial score (nSPS) is 10.7. The van der Waals surface area contributed by atoms with Crippen molar-refractivity contribution in [1.82, 2.24) is 0 Å². The summed E-state index contributed by atoms with van der Waals surface area (Å²) in [5.74, 6) is 0. The van der Waals surface area contributed by atoms with Crippen molar-refractivity contribution in [3.8, 4) is 0 Å². The number of hydrogen-bond acceptors (Lipinski definition) is 2. The molecule has 3 aromatic rings. The number of fused-ring (bicyclic) bond motifs is 1. The molecular formula is C18H18N2. The molecule has 0 fully saturated rings. The van der Waals surface area contributed by atoms with Crippen LogP contribution >= 0.6 is 0 Å². The second kappa shape index (κ2) is 5.25. The number of nitrogens with two attached hydrogens (primary N) is 1. The summed E-state index contributed by atoms with van der Waals surface area (Å²) in [4.78, 5) is 2.21. The molecule has 0 aromatic heterocycles.